The largest absolute Gasteiger partial charge is 0.459 e. The van der Waals surface area contributed by atoms with Gasteiger partial charge in [0.1, 0.15) is 11.3 Å². The molecule has 1 aromatic heterocycles. The normalized spacial score (nSPS) is 19.2. The van der Waals surface area contributed by atoms with Gasteiger partial charge in [0, 0.05) is 5.39 Å². The molecule has 1 unspecified atom stereocenters. The van der Waals surface area contributed by atoms with Gasteiger partial charge in [0.2, 0.25) is 0 Å². The Morgan fingerprint density at radius 2 is 2.06 bits per heavy atom. The van der Waals surface area contributed by atoms with Crippen molar-refractivity contribution in [1.29, 1.82) is 0 Å². The highest BCUT2D eigenvalue weighted by Crippen LogP contribution is 2.31. The number of thioether (sulfide) groups is 1. The van der Waals surface area contributed by atoms with Crippen molar-refractivity contribution in [3.63, 3.8) is 0 Å². The molecule has 2 heterocycles. The Hall–Kier alpha value is -0.930. The van der Waals surface area contributed by atoms with Crippen LogP contribution < -0.4 is 5.73 Å². The summed E-state index contributed by atoms with van der Waals surface area (Å²) in [6, 6.07) is 10.3. The van der Waals surface area contributed by atoms with Crippen molar-refractivity contribution in [2.24, 2.45) is 11.7 Å². The summed E-state index contributed by atoms with van der Waals surface area (Å²) in [4.78, 5) is 0. The van der Waals surface area contributed by atoms with Gasteiger partial charge in [-0.3, -0.25) is 0 Å². The summed E-state index contributed by atoms with van der Waals surface area (Å²) in [5, 5.41) is 1.15. The van der Waals surface area contributed by atoms with Gasteiger partial charge in [-0.15, -0.1) is 0 Å². The summed E-state index contributed by atoms with van der Waals surface area (Å²) in [5.41, 5.74) is 7.24. The van der Waals surface area contributed by atoms with E-state index in [1.807, 2.05) is 18.2 Å². The van der Waals surface area contributed by atoms with Crippen molar-refractivity contribution in [3.05, 3.63) is 36.1 Å². The maximum absolute atomic E-state index is 6.29. The zero-order valence-electron chi connectivity index (χ0n) is 10.5. The fraction of sp³-hybridized carbons (Fsp3) is 0.467. The lowest BCUT2D eigenvalue weighted by Gasteiger charge is -2.23. The molecule has 96 valence electrons. The molecule has 0 radical (unpaired) electrons. The standard InChI is InChI=1S/C15H19NOS/c16-13(9-11-5-7-18-8-6-11)15-10-12-3-1-2-4-14(12)17-15/h1-4,10-11,13H,5-9,16H2. The molecule has 2 aromatic rings. The minimum Gasteiger partial charge on any atom is -0.459 e. The van der Waals surface area contributed by atoms with Crippen LogP contribution in [0.4, 0.5) is 0 Å². The van der Waals surface area contributed by atoms with Gasteiger partial charge in [0.15, 0.2) is 0 Å². The van der Waals surface area contributed by atoms with Crippen molar-refractivity contribution in [1.82, 2.24) is 0 Å². The van der Waals surface area contributed by atoms with E-state index in [4.69, 9.17) is 10.2 Å². The molecular formula is C15H19NOS. The van der Waals surface area contributed by atoms with Crippen LogP contribution in [0, 0.1) is 5.92 Å². The molecule has 3 rings (SSSR count). The number of nitrogens with two attached hydrogens (primary N) is 1. The van der Waals surface area contributed by atoms with Crippen molar-refractivity contribution >= 4 is 22.7 Å². The molecule has 3 heteroatoms. The van der Waals surface area contributed by atoms with E-state index in [2.05, 4.69) is 23.9 Å². The first-order valence-corrected chi connectivity index (χ1v) is 7.80. The maximum atomic E-state index is 6.29. The predicted octanol–water partition coefficient (Wildman–Crippen LogP) is 3.97. The van der Waals surface area contributed by atoms with Crippen molar-refractivity contribution in [2.75, 3.05) is 11.5 Å². The van der Waals surface area contributed by atoms with Crippen LogP contribution in [-0.4, -0.2) is 11.5 Å². The summed E-state index contributed by atoms with van der Waals surface area (Å²) >= 11 is 2.06. The van der Waals surface area contributed by atoms with Gasteiger partial charge >= 0.3 is 0 Å². The first-order chi connectivity index (χ1) is 8.83. The van der Waals surface area contributed by atoms with Crippen LogP contribution in [0.15, 0.2) is 34.7 Å². The Bertz CT molecular complexity index is 483. The number of rotatable bonds is 3. The molecule has 1 aliphatic rings. The lowest BCUT2D eigenvalue weighted by molar-refractivity contribution is 0.378. The number of hydrogen-bond donors (Lipinski definition) is 1. The fourth-order valence-electron chi connectivity index (χ4n) is 2.64. The van der Waals surface area contributed by atoms with E-state index in [0.29, 0.717) is 0 Å². The summed E-state index contributed by atoms with van der Waals surface area (Å²) < 4.78 is 5.84. The number of para-hydroxylation sites is 1. The highest BCUT2D eigenvalue weighted by atomic mass is 32.2. The molecule has 2 nitrogen and oxygen atoms in total. The summed E-state index contributed by atoms with van der Waals surface area (Å²) in [5.74, 6) is 4.29. The topological polar surface area (TPSA) is 39.2 Å². The van der Waals surface area contributed by atoms with Crippen LogP contribution in [0.1, 0.15) is 31.1 Å². The monoisotopic (exact) mass is 261 g/mol. The first kappa shape index (κ1) is 12.1. The third-order valence-corrected chi connectivity index (χ3v) is 4.79. The minimum atomic E-state index is 0.0468. The second kappa shape index (κ2) is 5.37. The van der Waals surface area contributed by atoms with Crippen LogP contribution in [0.3, 0.4) is 0 Å². The second-order valence-corrected chi connectivity index (χ2v) is 6.31. The van der Waals surface area contributed by atoms with E-state index in [0.717, 1.165) is 29.1 Å². The summed E-state index contributed by atoms with van der Waals surface area (Å²) in [6.07, 6.45) is 3.66. The Kier molecular flexibility index (Phi) is 3.62. The van der Waals surface area contributed by atoms with E-state index in [9.17, 15) is 0 Å². The lowest BCUT2D eigenvalue weighted by Crippen LogP contribution is -2.18. The predicted molar refractivity (Wildman–Crippen MR) is 77.8 cm³/mol. The Labute approximate surface area is 112 Å². The van der Waals surface area contributed by atoms with Gasteiger partial charge in [-0.2, -0.15) is 11.8 Å². The van der Waals surface area contributed by atoms with Crippen LogP contribution in [0.5, 0.6) is 0 Å². The molecule has 1 atom stereocenters. The first-order valence-electron chi connectivity index (χ1n) is 6.65. The van der Waals surface area contributed by atoms with Crippen LogP contribution in [0.2, 0.25) is 0 Å². The molecule has 1 saturated heterocycles. The number of benzene rings is 1. The van der Waals surface area contributed by atoms with Crippen LogP contribution >= 0.6 is 11.8 Å². The number of furan rings is 1. The third kappa shape index (κ3) is 2.57. The van der Waals surface area contributed by atoms with Crippen molar-refractivity contribution < 1.29 is 4.42 Å². The van der Waals surface area contributed by atoms with Crippen molar-refractivity contribution in [3.8, 4) is 0 Å². The van der Waals surface area contributed by atoms with Crippen molar-refractivity contribution in [2.45, 2.75) is 25.3 Å². The van der Waals surface area contributed by atoms with E-state index < -0.39 is 0 Å². The molecule has 0 saturated carbocycles. The van der Waals surface area contributed by atoms with Crippen LogP contribution in [-0.2, 0) is 0 Å². The smallest absolute Gasteiger partial charge is 0.134 e. The lowest BCUT2D eigenvalue weighted by atomic mass is 9.93. The summed E-state index contributed by atoms with van der Waals surface area (Å²) in [6.45, 7) is 0. The van der Waals surface area contributed by atoms with E-state index in [1.165, 1.54) is 24.3 Å². The molecular weight excluding hydrogens is 242 g/mol. The van der Waals surface area contributed by atoms with E-state index in [-0.39, 0.29) is 6.04 Å². The highest BCUT2D eigenvalue weighted by Gasteiger charge is 2.20. The molecule has 2 N–H and O–H groups in total. The summed E-state index contributed by atoms with van der Waals surface area (Å²) in [7, 11) is 0. The average Bonchev–Trinajstić information content (AvgIpc) is 2.84. The van der Waals surface area contributed by atoms with Gasteiger partial charge < -0.3 is 10.2 Å². The Balaban J connectivity index is 1.72. The molecule has 0 amide bonds. The number of hydrogen-bond acceptors (Lipinski definition) is 3. The van der Waals surface area contributed by atoms with Gasteiger partial charge in [-0.1, -0.05) is 18.2 Å². The second-order valence-electron chi connectivity index (χ2n) is 5.08. The SMILES string of the molecule is NC(CC1CCSCC1)c1cc2ccccc2o1. The molecule has 1 aliphatic heterocycles. The zero-order chi connectivity index (χ0) is 12.4. The maximum Gasteiger partial charge on any atom is 0.134 e. The molecule has 18 heavy (non-hydrogen) atoms. The third-order valence-electron chi connectivity index (χ3n) is 3.74. The fourth-order valence-corrected chi connectivity index (χ4v) is 3.85. The highest BCUT2D eigenvalue weighted by molar-refractivity contribution is 7.99. The molecule has 0 aliphatic carbocycles. The van der Waals surface area contributed by atoms with E-state index >= 15 is 0 Å². The Morgan fingerprint density at radius 3 is 2.83 bits per heavy atom. The quantitative estimate of drug-likeness (QED) is 0.908. The number of fused-ring (bicyclic) bond motifs is 1. The van der Waals surface area contributed by atoms with Gasteiger partial charge in [-0.05, 0) is 48.8 Å². The zero-order valence-corrected chi connectivity index (χ0v) is 11.3. The van der Waals surface area contributed by atoms with Gasteiger partial charge in [-0.25, -0.2) is 0 Å². The minimum absolute atomic E-state index is 0.0468. The molecule has 1 aromatic carbocycles. The average molecular weight is 261 g/mol. The van der Waals surface area contributed by atoms with E-state index in [1.54, 1.807) is 0 Å². The van der Waals surface area contributed by atoms with Gasteiger partial charge in [0.05, 0.1) is 6.04 Å². The molecule has 0 spiro atoms. The van der Waals surface area contributed by atoms with Crippen LogP contribution in [0.25, 0.3) is 11.0 Å². The Morgan fingerprint density at radius 1 is 1.28 bits per heavy atom. The van der Waals surface area contributed by atoms with Gasteiger partial charge in [0.25, 0.3) is 0 Å². The molecule has 0 bridgehead atoms. The molecule has 1 fully saturated rings.